The normalized spacial score (nSPS) is 8.82. The zero-order valence-corrected chi connectivity index (χ0v) is 9.56. The summed E-state index contributed by atoms with van der Waals surface area (Å²) in [7, 11) is 0. The quantitative estimate of drug-likeness (QED) is 0.366. The van der Waals surface area contributed by atoms with Gasteiger partial charge in [0.2, 0.25) is 0 Å². The smallest absolute Gasteiger partial charge is 0.336 e. The van der Waals surface area contributed by atoms with Crippen molar-refractivity contribution in [3.63, 3.8) is 0 Å². The van der Waals surface area contributed by atoms with Crippen molar-refractivity contribution < 1.29 is 9.90 Å². The number of hydrogen-bond acceptors (Lipinski definition) is 2. The third-order valence-corrected chi connectivity index (χ3v) is 2.19. The van der Waals surface area contributed by atoms with E-state index in [9.17, 15) is 4.79 Å². The average Bonchev–Trinajstić information content (AvgIpc) is 2.23. The third kappa shape index (κ3) is 3.26. The summed E-state index contributed by atoms with van der Waals surface area (Å²) in [5, 5.41) is 12.3. The first-order valence-corrected chi connectivity index (χ1v) is 4.90. The van der Waals surface area contributed by atoms with Crippen molar-refractivity contribution in [1.29, 1.82) is 0 Å². The van der Waals surface area contributed by atoms with Crippen LogP contribution in [-0.4, -0.2) is 17.6 Å². The van der Waals surface area contributed by atoms with E-state index in [0.29, 0.717) is 16.7 Å². The number of hydrogen-bond donors (Lipinski definition) is 1. The van der Waals surface area contributed by atoms with Crippen LogP contribution in [0.15, 0.2) is 17.2 Å². The molecule has 5 heteroatoms. The first-order valence-electron chi connectivity index (χ1n) is 4.90. The Hall–Kier alpha value is -2.44. The standard InChI is InChI=1S/C12H11N3O2/c1-8-6-10(4-3-5-14-15-13)7-9(2)11(8)12(16)17/h6-7H,5H2,1-2H3,(H,16,17). The lowest BCUT2D eigenvalue weighted by Gasteiger charge is -2.05. The lowest BCUT2D eigenvalue weighted by atomic mass is 9.99. The molecular weight excluding hydrogens is 218 g/mol. The van der Waals surface area contributed by atoms with Gasteiger partial charge in [0.1, 0.15) is 0 Å². The Bertz CT molecular complexity index is 538. The van der Waals surface area contributed by atoms with Crippen molar-refractivity contribution in [3.05, 3.63) is 44.8 Å². The lowest BCUT2D eigenvalue weighted by molar-refractivity contribution is 0.0695. The summed E-state index contributed by atoms with van der Waals surface area (Å²) in [6.45, 7) is 3.57. The van der Waals surface area contributed by atoms with E-state index in [-0.39, 0.29) is 6.54 Å². The van der Waals surface area contributed by atoms with Crippen molar-refractivity contribution in [3.8, 4) is 11.8 Å². The fraction of sp³-hybridized carbons (Fsp3) is 0.250. The predicted molar refractivity (Wildman–Crippen MR) is 63.8 cm³/mol. The Kier molecular flexibility index (Phi) is 4.15. The maximum Gasteiger partial charge on any atom is 0.336 e. The van der Waals surface area contributed by atoms with E-state index >= 15 is 0 Å². The molecule has 1 aromatic carbocycles. The summed E-state index contributed by atoms with van der Waals surface area (Å²) in [4.78, 5) is 13.5. The van der Waals surface area contributed by atoms with Crippen LogP contribution in [0.3, 0.4) is 0 Å². The molecule has 0 aliphatic rings. The van der Waals surface area contributed by atoms with Crippen LogP contribution in [0.1, 0.15) is 27.0 Å². The van der Waals surface area contributed by atoms with Gasteiger partial charge in [-0.05, 0) is 42.6 Å². The highest BCUT2D eigenvalue weighted by molar-refractivity contribution is 5.91. The molecule has 1 aromatic rings. The molecule has 0 atom stereocenters. The SMILES string of the molecule is Cc1cc(C#CCN=[N+]=[N-])cc(C)c1C(=O)O. The van der Waals surface area contributed by atoms with E-state index in [1.54, 1.807) is 26.0 Å². The number of azide groups is 1. The number of carboxylic acid groups (broad SMARTS) is 1. The van der Waals surface area contributed by atoms with Gasteiger partial charge in [0, 0.05) is 10.5 Å². The largest absolute Gasteiger partial charge is 0.478 e. The topological polar surface area (TPSA) is 86.1 Å². The number of carboxylic acids is 1. The summed E-state index contributed by atoms with van der Waals surface area (Å²) in [6.07, 6.45) is 0. The highest BCUT2D eigenvalue weighted by Crippen LogP contribution is 2.16. The molecular formula is C12H11N3O2. The van der Waals surface area contributed by atoms with E-state index in [0.717, 1.165) is 5.56 Å². The van der Waals surface area contributed by atoms with Crippen LogP contribution in [0, 0.1) is 25.7 Å². The van der Waals surface area contributed by atoms with E-state index in [1.807, 2.05) is 0 Å². The molecule has 5 nitrogen and oxygen atoms in total. The Balaban J connectivity index is 3.09. The molecule has 0 bridgehead atoms. The second-order valence-electron chi connectivity index (χ2n) is 3.48. The monoisotopic (exact) mass is 229 g/mol. The minimum absolute atomic E-state index is 0.106. The number of nitrogens with zero attached hydrogens (tertiary/aromatic N) is 3. The van der Waals surface area contributed by atoms with Gasteiger partial charge in [-0.25, -0.2) is 4.79 Å². The third-order valence-electron chi connectivity index (χ3n) is 2.19. The summed E-state index contributed by atoms with van der Waals surface area (Å²) < 4.78 is 0. The number of benzene rings is 1. The Morgan fingerprint density at radius 3 is 2.53 bits per heavy atom. The van der Waals surface area contributed by atoms with Crippen molar-refractivity contribution in [2.45, 2.75) is 13.8 Å². The number of aryl methyl sites for hydroxylation is 2. The van der Waals surface area contributed by atoms with Crippen LogP contribution in [0.2, 0.25) is 0 Å². The molecule has 0 aliphatic heterocycles. The molecule has 0 aromatic heterocycles. The van der Waals surface area contributed by atoms with Gasteiger partial charge in [-0.15, -0.1) is 0 Å². The van der Waals surface area contributed by atoms with Gasteiger partial charge in [0.25, 0.3) is 0 Å². The molecule has 0 amide bonds. The van der Waals surface area contributed by atoms with Gasteiger partial charge in [0.05, 0.1) is 12.1 Å². The van der Waals surface area contributed by atoms with Crippen LogP contribution in [0.4, 0.5) is 0 Å². The Morgan fingerprint density at radius 1 is 1.47 bits per heavy atom. The second-order valence-corrected chi connectivity index (χ2v) is 3.48. The zero-order chi connectivity index (χ0) is 12.8. The van der Waals surface area contributed by atoms with Crippen molar-refractivity contribution in [2.24, 2.45) is 5.11 Å². The van der Waals surface area contributed by atoms with Gasteiger partial charge < -0.3 is 5.11 Å². The van der Waals surface area contributed by atoms with Crippen molar-refractivity contribution >= 4 is 5.97 Å². The predicted octanol–water partition coefficient (Wildman–Crippen LogP) is 2.66. The number of aromatic carboxylic acids is 1. The molecule has 0 spiro atoms. The van der Waals surface area contributed by atoms with E-state index < -0.39 is 5.97 Å². The van der Waals surface area contributed by atoms with Crippen molar-refractivity contribution in [1.82, 2.24) is 0 Å². The summed E-state index contributed by atoms with van der Waals surface area (Å²) in [5.74, 6) is 4.57. The Morgan fingerprint density at radius 2 is 2.06 bits per heavy atom. The maximum absolute atomic E-state index is 11.0. The molecule has 0 radical (unpaired) electrons. The molecule has 86 valence electrons. The molecule has 0 fully saturated rings. The van der Waals surface area contributed by atoms with Crippen molar-refractivity contribution in [2.75, 3.05) is 6.54 Å². The van der Waals surface area contributed by atoms with E-state index in [1.165, 1.54) is 0 Å². The van der Waals surface area contributed by atoms with Crippen LogP contribution in [0.25, 0.3) is 10.4 Å². The average molecular weight is 229 g/mol. The van der Waals surface area contributed by atoms with Crippen LogP contribution in [0.5, 0.6) is 0 Å². The van der Waals surface area contributed by atoms with Gasteiger partial charge in [-0.3, -0.25) is 0 Å². The zero-order valence-electron chi connectivity index (χ0n) is 9.56. The molecule has 1 N–H and O–H groups in total. The fourth-order valence-corrected chi connectivity index (χ4v) is 1.58. The van der Waals surface area contributed by atoms with E-state index in [2.05, 4.69) is 21.9 Å². The van der Waals surface area contributed by atoms with E-state index in [4.69, 9.17) is 10.6 Å². The molecule has 0 saturated carbocycles. The molecule has 0 heterocycles. The maximum atomic E-state index is 11.0. The van der Waals surface area contributed by atoms with Gasteiger partial charge in [-0.2, -0.15) is 0 Å². The second kappa shape index (κ2) is 5.59. The first-order chi connectivity index (χ1) is 8.06. The molecule has 0 unspecified atom stereocenters. The highest BCUT2D eigenvalue weighted by Gasteiger charge is 2.10. The summed E-state index contributed by atoms with van der Waals surface area (Å²) >= 11 is 0. The van der Waals surface area contributed by atoms with Crippen LogP contribution in [-0.2, 0) is 0 Å². The molecule has 17 heavy (non-hydrogen) atoms. The van der Waals surface area contributed by atoms with Crippen LogP contribution < -0.4 is 0 Å². The van der Waals surface area contributed by atoms with Gasteiger partial charge >= 0.3 is 5.97 Å². The molecule has 0 saturated heterocycles. The first kappa shape index (κ1) is 12.6. The molecule has 1 rings (SSSR count). The minimum Gasteiger partial charge on any atom is -0.478 e. The molecule has 0 aliphatic carbocycles. The number of rotatable bonds is 2. The Labute approximate surface area is 98.7 Å². The van der Waals surface area contributed by atoms with Crippen LogP contribution >= 0.6 is 0 Å². The highest BCUT2D eigenvalue weighted by atomic mass is 16.4. The minimum atomic E-state index is -0.936. The lowest BCUT2D eigenvalue weighted by Crippen LogP contribution is -2.03. The summed E-state index contributed by atoms with van der Waals surface area (Å²) in [6, 6.07) is 3.42. The fourth-order valence-electron chi connectivity index (χ4n) is 1.58. The van der Waals surface area contributed by atoms with Gasteiger partial charge in [0.15, 0.2) is 0 Å². The van der Waals surface area contributed by atoms with Gasteiger partial charge in [-0.1, -0.05) is 17.0 Å². The summed E-state index contributed by atoms with van der Waals surface area (Å²) in [5.41, 5.74) is 10.4. The number of carbonyl (C=O) groups is 1.